The average molecular weight is 349 g/mol. The second kappa shape index (κ2) is 5.90. The van der Waals surface area contributed by atoms with Crippen LogP contribution in [0.3, 0.4) is 0 Å². The van der Waals surface area contributed by atoms with E-state index in [4.69, 9.17) is 9.15 Å². The fourth-order valence-corrected chi connectivity index (χ4v) is 3.71. The molecule has 0 unspecified atom stereocenters. The number of benzene rings is 2. The average Bonchev–Trinajstić information content (AvgIpc) is 2.63. The largest absolute Gasteiger partial charge is 0.472 e. The minimum absolute atomic E-state index is 0.272. The quantitative estimate of drug-likeness (QED) is 0.598. The fourth-order valence-electron chi connectivity index (χ4n) is 3.71. The monoisotopic (exact) mass is 349 g/mol. The molecular weight excluding hydrogens is 326 g/mol. The first-order valence-corrected chi connectivity index (χ1v) is 8.88. The van der Waals surface area contributed by atoms with Gasteiger partial charge in [0.05, 0.1) is 0 Å². The van der Waals surface area contributed by atoms with Gasteiger partial charge in [-0.25, -0.2) is 4.79 Å². The third kappa shape index (κ3) is 2.48. The molecule has 0 saturated carbocycles. The van der Waals surface area contributed by atoms with E-state index in [0.717, 1.165) is 34.4 Å². The summed E-state index contributed by atoms with van der Waals surface area (Å²) in [5.74, 6) is 0.838. The van der Waals surface area contributed by atoms with Gasteiger partial charge in [0, 0.05) is 34.3 Å². The number of hydrogen-bond acceptors (Lipinski definition) is 4. The van der Waals surface area contributed by atoms with Crippen LogP contribution in [-0.2, 0) is 6.54 Å². The third-order valence-corrected chi connectivity index (χ3v) is 5.43. The molecule has 2 aromatic carbocycles. The SMILES string of the molecule is Cc1ccc(C)c(N2COc3c(cc4c(C)c(C)c(=O)oc4c3C)C2)c1. The van der Waals surface area contributed by atoms with Gasteiger partial charge in [-0.1, -0.05) is 12.1 Å². The molecule has 4 heteroatoms. The minimum atomic E-state index is -0.272. The number of fused-ring (bicyclic) bond motifs is 2. The number of hydrogen-bond donors (Lipinski definition) is 0. The van der Waals surface area contributed by atoms with Crippen molar-refractivity contribution in [2.45, 2.75) is 41.2 Å². The number of anilines is 1. The minimum Gasteiger partial charge on any atom is -0.472 e. The Kier molecular flexibility index (Phi) is 3.79. The molecule has 134 valence electrons. The highest BCUT2D eigenvalue weighted by atomic mass is 16.5. The molecule has 0 spiro atoms. The lowest BCUT2D eigenvalue weighted by molar-refractivity contribution is 0.287. The van der Waals surface area contributed by atoms with E-state index in [1.165, 1.54) is 16.8 Å². The number of aryl methyl sites for hydroxylation is 4. The van der Waals surface area contributed by atoms with Crippen LogP contribution in [0.1, 0.15) is 33.4 Å². The summed E-state index contributed by atoms with van der Waals surface area (Å²) in [6, 6.07) is 8.59. The number of nitrogens with zero attached hydrogens (tertiary/aromatic N) is 1. The van der Waals surface area contributed by atoms with Crippen molar-refractivity contribution in [2.75, 3.05) is 11.6 Å². The van der Waals surface area contributed by atoms with Crippen LogP contribution >= 0.6 is 0 Å². The molecule has 1 aliphatic heterocycles. The lowest BCUT2D eigenvalue weighted by atomic mass is 9.99. The Hall–Kier alpha value is -2.75. The second-order valence-corrected chi connectivity index (χ2v) is 7.27. The molecule has 0 atom stereocenters. The smallest absolute Gasteiger partial charge is 0.339 e. The fraction of sp³-hybridized carbons (Fsp3) is 0.318. The van der Waals surface area contributed by atoms with Crippen molar-refractivity contribution in [1.82, 2.24) is 0 Å². The summed E-state index contributed by atoms with van der Waals surface area (Å²) in [5, 5.41) is 0.991. The molecular formula is C22H23NO3. The molecule has 3 aromatic rings. The Balaban J connectivity index is 1.86. The highest BCUT2D eigenvalue weighted by Gasteiger charge is 2.24. The van der Waals surface area contributed by atoms with Gasteiger partial charge >= 0.3 is 5.63 Å². The molecule has 4 rings (SSSR count). The standard InChI is InChI=1S/C22H23NO3/c1-12-6-7-13(2)19(8-12)23-10-17-9-18-14(3)15(4)22(24)26-21(18)16(5)20(17)25-11-23/h6-9H,10-11H2,1-5H3. The van der Waals surface area contributed by atoms with Gasteiger partial charge in [-0.15, -0.1) is 0 Å². The number of ether oxygens (including phenoxy) is 1. The molecule has 26 heavy (non-hydrogen) atoms. The Morgan fingerprint density at radius 2 is 1.73 bits per heavy atom. The Labute approximate surface area is 153 Å². The molecule has 2 heterocycles. The van der Waals surface area contributed by atoms with E-state index < -0.39 is 0 Å². The van der Waals surface area contributed by atoms with Gasteiger partial charge < -0.3 is 14.1 Å². The van der Waals surface area contributed by atoms with E-state index >= 15 is 0 Å². The van der Waals surface area contributed by atoms with Crippen LogP contribution in [0.25, 0.3) is 11.0 Å². The molecule has 0 saturated heterocycles. The van der Waals surface area contributed by atoms with Crippen LogP contribution in [0.15, 0.2) is 33.5 Å². The van der Waals surface area contributed by atoms with Gasteiger partial charge in [-0.3, -0.25) is 0 Å². The zero-order valence-corrected chi connectivity index (χ0v) is 15.9. The first-order chi connectivity index (χ1) is 12.4. The molecule has 0 radical (unpaired) electrons. The summed E-state index contributed by atoms with van der Waals surface area (Å²) in [5.41, 5.74) is 7.70. The van der Waals surface area contributed by atoms with Gasteiger partial charge in [0.2, 0.25) is 0 Å². The number of rotatable bonds is 1. The summed E-state index contributed by atoms with van der Waals surface area (Å²) < 4.78 is 11.7. The van der Waals surface area contributed by atoms with E-state index in [9.17, 15) is 4.79 Å². The predicted molar refractivity (Wildman–Crippen MR) is 104 cm³/mol. The topological polar surface area (TPSA) is 42.7 Å². The van der Waals surface area contributed by atoms with Crippen LogP contribution in [0, 0.1) is 34.6 Å². The zero-order chi connectivity index (χ0) is 18.6. The van der Waals surface area contributed by atoms with Crippen LogP contribution in [0.4, 0.5) is 5.69 Å². The highest BCUT2D eigenvalue weighted by molar-refractivity contribution is 5.87. The second-order valence-electron chi connectivity index (χ2n) is 7.27. The van der Waals surface area contributed by atoms with Gasteiger partial charge in [-0.05, 0) is 63.4 Å². The van der Waals surface area contributed by atoms with Crippen LogP contribution in [0.2, 0.25) is 0 Å². The van der Waals surface area contributed by atoms with Gasteiger partial charge in [0.1, 0.15) is 11.3 Å². The highest BCUT2D eigenvalue weighted by Crippen LogP contribution is 2.37. The first kappa shape index (κ1) is 16.7. The van der Waals surface area contributed by atoms with Crippen molar-refractivity contribution in [3.63, 3.8) is 0 Å². The Morgan fingerprint density at radius 3 is 2.50 bits per heavy atom. The van der Waals surface area contributed by atoms with Crippen molar-refractivity contribution in [2.24, 2.45) is 0 Å². The van der Waals surface area contributed by atoms with Gasteiger partial charge in [-0.2, -0.15) is 0 Å². The maximum Gasteiger partial charge on any atom is 0.339 e. The van der Waals surface area contributed by atoms with Crippen molar-refractivity contribution in [3.05, 3.63) is 68.1 Å². The lowest BCUT2D eigenvalue weighted by Gasteiger charge is -2.33. The summed E-state index contributed by atoms with van der Waals surface area (Å²) in [6.45, 7) is 11.2. The molecule has 0 fully saturated rings. The van der Waals surface area contributed by atoms with E-state index in [1.54, 1.807) is 0 Å². The molecule has 1 aliphatic rings. The van der Waals surface area contributed by atoms with Gasteiger partial charge in [0.15, 0.2) is 6.73 Å². The third-order valence-electron chi connectivity index (χ3n) is 5.43. The molecule has 0 N–H and O–H groups in total. The lowest BCUT2D eigenvalue weighted by Crippen LogP contribution is -2.32. The maximum absolute atomic E-state index is 12.1. The van der Waals surface area contributed by atoms with Crippen molar-refractivity contribution in [3.8, 4) is 5.75 Å². The molecule has 0 aliphatic carbocycles. The van der Waals surface area contributed by atoms with Crippen molar-refractivity contribution in [1.29, 1.82) is 0 Å². The summed E-state index contributed by atoms with van der Waals surface area (Å²) in [4.78, 5) is 14.3. The van der Waals surface area contributed by atoms with Crippen molar-refractivity contribution >= 4 is 16.7 Å². The molecule has 4 nitrogen and oxygen atoms in total. The van der Waals surface area contributed by atoms with E-state index in [1.807, 2.05) is 20.8 Å². The first-order valence-electron chi connectivity index (χ1n) is 8.88. The summed E-state index contributed by atoms with van der Waals surface area (Å²) in [7, 11) is 0. The molecule has 0 amide bonds. The summed E-state index contributed by atoms with van der Waals surface area (Å²) >= 11 is 0. The van der Waals surface area contributed by atoms with E-state index in [-0.39, 0.29) is 5.63 Å². The Bertz CT molecular complexity index is 1090. The van der Waals surface area contributed by atoms with Crippen LogP contribution in [-0.4, -0.2) is 6.73 Å². The maximum atomic E-state index is 12.1. The van der Waals surface area contributed by atoms with Crippen molar-refractivity contribution < 1.29 is 9.15 Å². The Morgan fingerprint density at radius 1 is 0.962 bits per heavy atom. The molecule has 1 aromatic heterocycles. The van der Waals surface area contributed by atoms with Crippen LogP contribution < -0.4 is 15.3 Å². The van der Waals surface area contributed by atoms with Crippen LogP contribution in [0.5, 0.6) is 5.75 Å². The molecule has 0 bridgehead atoms. The van der Waals surface area contributed by atoms with Gasteiger partial charge in [0.25, 0.3) is 0 Å². The van der Waals surface area contributed by atoms with E-state index in [2.05, 4.69) is 43.0 Å². The zero-order valence-electron chi connectivity index (χ0n) is 15.9. The summed E-state index contributed by atoms with van der Waals surface area (Å²) in [6.07, 6.45) is 0. The van der Waals surface area contributed by atoms with E-state index in [0.29, 0.717) is 17.9 Å². The predicted octanol–water partition coefficient (Wildman–Crippen LogP) is 4.69. The normalized spacial score (nSPS) is 13.7.